The van der Waals surface area contributed by atoms with Gasteiger partial charge in [0.05, 0.1) is 25.8 Å². The van der Waals surface area contributed by atoms with Gasteiger partial charge in [0.25, 0.3) is 0 Å². The summed E-state index contributed by atoms with van der Waals surface area (Å²) in [6.07, 6.45) is -1.96. The Hall–Kier alpha value is -1.57. The van der Waals surface area contributed by atoms with Crippen molar-refractivity contribution in [2.45, 2.75) is 37.3 Å². The monoisotopic (exact) mass is 416 g/mol. The van der Waals surface area contributed by atoms with E-state index >= 15 is 0 Å². The van der Waals surface area contributed by atoms with Crippen LogP contribution in [0.15, 0.2) is 11.8 Å². The van der Waals surface area contributed by atoms with Gasteiger partial charge in [0, 0.05) is 14.0 Å². The van der Waals surface area contributed by atoms with Gasteiger partial charge in [-0.3, -0.25) is 4.79 Å². The summed E-state index contributed by atoms with van der Waals surface area (Å²) in [7, 11) is -2.15. The minimum Gasteiger partial charge on any atom is -0.478 e. The predicted octanol–water partition coefficient (Wildman–Crippen LogP) is -3.29. The van der Waals surface area contributed by atoms with Crippen LogP contribution >= 0.6 is 7.82 Å². The van der Waals surface area contributed by atoms with Crippen molar-refractivity contribution < 1.29 is 53.3 Å². The van der Waals surface area contributed by atoms with E-state index in [1.54, 1.807) is 0 Å². The number of methoxy groups -OCH3 is 2. The lowest BCUT2D eigenvalue weighted by atomic mass is 9.92. The maximum atomic E-state index is 11.6. The number of amides is 1. The van der Waals surface area contributed by atoms with E-state index < -0.39 is 50.8 Å². The maximum absolute atomic E-state index is 11.6. The summed E-state index contributed by atoms with van der Waals surface area (Å²) in [4.78, 5) is 44.5. The second-order valence-electron chi connectivity index (χ2n) is 5.37. The molecule has 5 atom stereocenters. The van der Waals surface area contributed by atoms with E-state index in [9.17, 15) is 14.7 Å². The Balaban J connectivity index is 0.00000119. The van der Waals surface area contributed by atoms with Crippen LogP contribution in [0.2, 0.25) is 0 Å². The van der Waals surface area contributed by atoms with Crippen LogP contribution in [0.4, 0.5) is 0 Å². The molecule has 1 aliphatic heterocycles. The van der Waals surface area contributed by atoms with Crippen molar-refractivity contribution >= 4 is 19.7 Å². The first-order valence-corrected chi connectivity index (χ1v) is 9.01. The molecule has 0 radical (unpaired) electrons. The molecule has 158 valence electrons. The van der Waals surface area contributed by atoms with E-state index in [4.69, 9.17) is 39.6 Å². The fourth-order valence-corrected chi connectivity index (χ4v) is 2.27. The van der Waals surface area contributed by atoms with Crippen LogP contribution < -0.4 is 11.1 Å². The van der Waals surface area contributed by atoms with Gasteiger partial charge >= 0.3 is 13.8 Å². The molecule has 0 saturated heterocycles. The first-order chi connectivity index (χ1) is 12.3. The van der Waals surface area contributed by atoms with Crippen LogP contribution in [0.3, 0.4) is 0 Å². The number of esters is 1. The molecule has 1 aliphatic rings. The average molecular weight is 416 g/mol. The lowest BCUT2D eigenvalue weighted by Gasteiger charge is -2.40. The average Bonchev–Trinajstić information content (AvgIpc) is 2.55. The minimum absolute atomic E-state index is 0.145. The van der Waals surface area contributed by atoms with Gasteiger partial charge in [-0.1, -0.05) is 0 Å². The van der Waals surface area contributed by atoms with Crippen molar-refractivity contribution in [3.8, 4) is 0 Å². The van der Waals surface area contributed by atoms with Crippen molar-refractivity contribution in [3.05, 3.63) is 11.8 Å². The van der Waals surface area contributed by atoms with Gasteiger partial charge in [0.2, 0.25) is 11.7 Å². The highest BCUT2D eigenvalue weighted by atomic mass is 31.2. The zero-order valence-corrected chi connectivity index (χ0v) is 15.8. The molecule has 14 heteroatoms. The summed E-state index contributed by atoms with van der Waals surface area (Å²) in [5, 5.41) is 21.6. The van der Waals surface area contributed by atoms with E-state index in [-0.39, 0.29) is 11.7 Å². The molecule has 0 aromatic heterocycles. The van der Waals surface area contributed by atoms with Crippen LogP contribution in [-0.2, 0) is 28.4 Å². The Bertz CT molecular complexity index is 570. The summed E-state index contributed by atoms with van der Waals surface area (Å²) in [6.45, 7) is 0.714. The molecule has 0 fully saturated rings. The lowest BCUT2D eigenvalue weighted by molar-refractivity contribution is -0.151. The molecule has 8 N–H and O–H groups in total. The number of carbonyl (C=O) groups excluding carboxylic acids is 2. The van der Waals surface area contributed by atoms with Crippen molar-refractivity contribution in [2.75, 3.05) is 20.8 Å². The fourth-order valence-electron chi connectivity index (χ4n) is 2.27. The van der Waals surface area contributed by atoms with Gasteiger partial charge in [0.15, 0.2) is 0 Å². The molecule has 13 nitrogen and oxygen atoms in total. The minimum atomic E-state index is -4.64. The van der Waals surface area contributed by atoms with Gasteiger partial charge in [-0.15, -0.1) is 0 Å². The molecule has 2 unspecified atom stereocenters. The van der Waals surface area contributed by atoms with E-state index in [0.717, 1.165) is 0 Å². The van der Waals surface area contributed by atoms with Gasteiger partial charge in [-0.25, -0.2) is 9.36 Å². The van der Waals surface area contributed by atoms with Gasteiger partial charge in [-0.2, -0.15) is 0 Å². The van der Waals surface area contributed by atoms with E-state index in [1.165, 1.54) is 27.2 Å². The molecule has 1 rings (SSSR count). The largest absolute Gasteiger partial charge is 0.478 e. The van der Waals surface area contributed by atoms with E-state index in [2.05, 4.69) is 10.1 Å². The zero-order chi connectivity index (χ0) is 21.4. The summed E-state index contributed by atoms with van der Waals surface area (Å²) in [5.41, 5.74) is 5.96. The Morgan fingerprint density at radius 2 is 1.89 bits per heavy atom. The molecule has 0 aromatic carbocycles. The lowest BCUT2D eigenvalue weighted by Crippen LogP contribution is -2.62. The number of carbonyl (C=O) groups is 2. The number of nitrogens with two attached hydrogens (primary N) is 1. The zero-order valence-electron chi connectivity index (χ0n) is 14.9. The topological polar surface area (TPSA) is 218 Å². The number of hydrogen-bond acceptors (Lipinski definition) is 9. The highest BCUT2D eigenvalue weighted by Gasteiger charge is 2.43. The molecular weight excluding hydrogens is 391 g/mol. The Labute approximate surface area is 155 Å². The third-order valence-corrected chi connectivity index (χ3v) is 3.29. The Kier molecular flexibility index (Phi) is 10.7. The van der Waals surface area contributed by atoms with E-state index in [0.29, 0.717) is 0 Å². The molecule has 0 aliphatic carbocycles. The number of ether oxygens (including phenoxy) is 3. The third kappa shape index (κ3) is 9.26. The second-order valence-corrected chi connectivity index (χ2v) is 6.40. The standard InChI is InChI=1S/C13H22N2O7.H3O4P/c1-6(17)15-10-7(14)4-9(13(19)21-3)22-12(10)11(20-2)8(18)5-16;1-5(2,3)4/h4,7-8,10-12,16,18H,5,14H2,1-3H3,(H,15,17);(H3,1,2,3,4)/t7-,8?,10+,11?,12+;/m0./s1. The number of aliphatic hydroxyl groups excluding tert-OH is 2. The summed E-state index contributed by atoms with van der Waals surface area (Å²) >= 11 is 0. The molecular formula is C13H25N2O11P. The Morgan fingerprint density at radius 1 is 1.37 bits per heavy atom. The molecule has 0 aromatic rings. The maximum Gasteiger partial charge on any atom is 0.466 e. The summed E-state index contributed by atoms with van der Waals surface area (Å²) < 4.78 is 24.1. The predicted molar refractivity (Wildman–Crippen MR) is 88.7 cm³/mol. The number of hydrogen-bond donors (Lipinski definition) is 7. The second kappa shape index (κ2) is 11.3. The van der Waals surface area contributed by atoms with Crippen LogP contribution in [0.25, 0.3) is 0 Å². The van der Waals surface area contributed by atoms with Crippen LogP contribution in [0.5, 0.6) is 0 Å². The van der Waals surface area contributed by atoms with Crippen LogP contribution in [0.1, 0.15) is 6.92 Å². The number of rotatable bonds is 6. The molecule has 0 spiro atoms. The SMILES string of the molecule is COC(=O)C1=C[C@H](N)[C@@H](NC(C)=O)[C@H](C(OC)C(O)CO)O1.O=P(O)(O)O. The normalized spacial score (nSPS) is 24.3. The van der Waals surface area contributed by atoms with Gasteiger partial charge in [0.1, 0.15) is 18.3 Å². The van der Waals surface area contributed by atoms with Gasteiger partial charge in [-0.05, 0) is 6.08 Å². The van der Waals surface area contributed by atoms with Crippen molar-refractivity contribution in [1.29, 1.82) is 0 Å². The fraction of sp³-hybridized carbons (Fsp3) is 0.692. The molecule has 27 heavy (non-hydrogen) atoms. The van der Waals surface area contributed by atoms with Crippen molar-refractivity contribution in [3.63, 3.8) is 0 Å². The third-order valence-electron chi connectivity index (χ3n) is 3.29. The molecule has 1 heterocycles. The first kappa shape index (κ1) is 25.4. The summed E-state index contributed by atoms with van der Waals surface area (Å²) in [5.74, 6) is -1.25. The quantitative estimate of drug-likeness (QED) is 0.167. The van der Waals surface area contributed by atoms with Crippen molar-refractivity contribution in [2.24, 2.45) is 5.73 Å². The summed E-state index contributed by atoms with van der Waals surface area (Å²) in [6, 6.07) is -1.52. The Morgan fingerprint density at radius 3 is 2.26 bits per heavy atom. The smallest absolute Gasteiger partial charge is 0.466 e. The van der Waals surface area contributed by atoms with E-state index in [1.807, 2.05) is 0 Å². The molecule has 0 bridgehead atoms. The molecule has 0 saturated carbocycles. The number of phosphoric acid groups is 1. The van der Waals surface area contributed by atoms with Crippen molar-refractivity contribution in [1.82, 2.24) is 5.32 Å². The van der Waals surface area contributed by atoms with Gasteiger partial charge < -0.3 is 50.2 Å². The highest BCUT2D eigenvalue weighted by molar-refractivity contribution is 7.45. The molecule has 1 amide bonds. The number of nitrogens with one attached hydrogen (secondary N) is 1. The van der Waals surface area contributed by atoms with Crippen LogP contribution in [-0.4, -0.2) is 88.0 Å². The highest BCUT2D eigenvalue weighted by Crippen LogP contribution is 2.26. The first-order valence-electron chi connectivity index (χ1n) is 7.45. The van der Waals surface area contributed by atoms with Crippen LogP contribution in [0, 0.1) is 0 Å². The number of aliphatic hydroxyl groups is 2.